The summed E-state index contributed by atoms with van der Waals surface area (Å²) in [5.74, 6) is -0.956. The van der Waals surface area contributed by atoms with E-state index in [4.69, 9.17) is 0 Å². The number of hydrogen-bond donors (Lipinski definition) is 2. The van der Waals surface area contributed by atoms with Gasteiger partial charge in [0.2, 0.25) is 10.0 Å². The highest BCUT2D eigenvalue weighted by atomic mass is 32.2. The molecule has 10 heteroatoms. The van der Waals surface area contributed by atoms with Gasteiger partial charge in [0.1, 0.15) is 0 Å². The summed E-state index contributed by atoms with van der Waals surface area (Å²) in [5, 5.41) is 20.0. The molecule has 1 aromatic heterocycles. The fourth-order valence-corrected chi connectivity index (χ4v) is 3.98. The van der Waals surface area contributed by atoms with E-state index >= 15 is 0 Å². The topological polar surface area (TPSA) is 140 Å². The van der Waals surface area contributed by atoms with Crippen LogP contribution in [-0.4, -0.2) is 29.4 Å². The summed E-state index contributed by atoms with van der Waals surface area (Å²) in [5.41, 5.74) is 1.09. The van der Waals surface area contributed by atoms with E-state index in [0.29, 0.717) is 11.4 Å². The number of nitrogens with one attached hydrogen (secondary N) is 1. The van der Waals surface area contributed by atoms with Crippen molar-refractivity contribution in [3.8, 4) is 0 Å². The maximum absolute atomic E-state index is 12.5. The third-order valence-corrected chi connectivity index (χ3v) is 5.84. The molecule has 1 aromatic carbocycles. The number of carboxylic acids is 1. The van der Waals surface area contributed by atoms with Crippen LogP contribution in [0.1, 0.15) is 46.1 Å². The summed E-state index contributed by atoms with van der Waals surface area (Å²) < 4.78 is 27.4. The van der Waals surface area contributed by atoms with Crippen molar-refractivity contribution in [3.63, 3.8) is 0 Å². The Morgan fingerprint density at radius 1 is 1.33 bits per heavy atom. The van der Waals surface area contributed by atoms with Gasteiger partial charge >= 0.3 is 5.97 Å². The van der Waals surface area contributed by atoms with E-state index in [9.17, 15) is 28.4 Å². The zero-order chi connectivity index (χ0) is 19.8. The second kappa shape index (κ2) is 7.05. The van der Waals surface area contributed by atoms with E-state index in [1.54, 1.807) is 0 Å². The van der Waals surface area contributed by atoms with Crippen LogP contribution in [0, 0.1) is 17.0 Å². The van der Waals surface area contributed by atoms with Gasteiger partial charge in [0.25, 0.3) is 5.69 Å². The van der Waals surface area contributed by atoms with Crippen molar-refractivity contribution in [2.45, 2.75) is 37.1 Å². The molecular weight excluding hydrogens is 374 g/mol. The number of carbonyl (C=O) groups is 1. The third kappa shape index (κ3) is 4.12. The van der Waals surface area contributed by atoms with Crippen LogP contribution in [0.25, 0.3) is 0 Å². The molecule has 3 rings (SSSR count). The van der Waals surface area contributed by atoms with Gasteiger partial charge in [-0.2, -0.15) is 0 Å². The number of aromatic nitrogens is 1. The van der Waals surface area contributed by atoms with Crippen LogP contribution < -0.4 is 4.72 Å². The molecular formula is C17H17N3O6S. The Bertz CT molecular complexity index is 1030. The first kappa shape index (κ1) is 18.9. The predicted octanol–water partition coefficient (Wildman–Crippen LogP) is 2.35. The van der Waals surface area contributed by atoms with Crippen molar-refractivity contribution in [1.29, 1.82) is 0 Å². The van der Waals surface area contributed by atoms with Crippen molar-refractivity contribution in [1.82, 2.24) is 9.71 Å². The highest BCUT2D eigenvalue weighted by Crippen LogP contribution is 2.40. The highest BCUT2D eigenvalue weighted by molar-refractivity contribution is 7.89. The molecule has 0 aliphatic heterocycles. The quantitative estimate of drug-likeness (QED) is 0.545. The first-order chi connectivity index (χ1) is 12.7. The summed E-state index contributed by atoms with van der Waals surface area (Å²) in [6.45, 7) is 1.37. The fourth-order valence-electron chi connectivity index (χ4n) is 2.76. The van der Waals surface area contributed by atoms with E-state index in [1.807, 2.05) is 0 Å². The molecule has 2 aromatic rings. The van der Waals surface area contributed by atoms with Crippen molar-refractivity contribution in [2.24, 2.45) is 0 Å². The van der Waals surface area contributed by atoms with Gasteiger partial charge in [-0.05, 0) is 43.5 Å². The Balaban J connectivity index is 1.81. The van der Waals surface area contributed by atoms with Crippen LogP contribution in [-0.2, 0) is 16.6 Å². The monoisotopic (exact) mass is 391 g/mol. The Hall–Kier alpha value is -2.85. The zero-order valence-corrected chi connectivity index (χ0v) is 15.2. The minimum absolute atomic E-state index is 0.0577. The molecule has 0 atom stereocenters. The predicted molar refractivity (Wildman–Crippen MR) is 95.0 cm³/mol. The molecule has 1 saturated carbocycles. The maximum atomic E-state index is 12.5. The lowest BCUT2D eigenvalue weighted by Crippen LogP contribution is -2.25. The lowest BCUT2D eigenvalue weighted by molar-refractivity contribution is -0.385. The number of sulfonamides is 1. The number of nitro groups is 1. The molecule has 1 aliphatic rings. The molecule has 0 amide bonds. The molecule has 0 saturated heterocycles. The molecule has 2 N–H and O–H groups in total. The number of pyridine rings is 1. The second-order valence-electron chi connectivity index (χ2n) is 6.35. The normalized spacial score (nSPS) is 14.1. The standard InChI is InChI=1S/C17H17N3O6S/c1-10-8-13(20(23)24)5-7-15(10)27(25,26)18-9-12-4-6-14(17(21)22)16(19-12)11-2-3-11/h4-8,11,18H,2-3,9H2,1H3,(H,21,22). The molecule has 9 nitrogen and oxygen atoms in total. The van der Waals surface area contributed by atoms with Gasteiger partial charge in [0.05, 0.1) is 33.3 Å². The minimum atomic E-state index is -3.90. The van der Waals surface area contributed by atoms with E-state index in [-0.39, 0.29) is 34.2 Å². The van der Waals surface area contributed by atoms with Gasteiger partial charge in [-0.3, -0.25) is 15.1 Å². The molecule has 142 valence electrons. The summed E-state index contributed by atoms with van der Waals surface area (Å²) in [7, 11) is -3.90. The first-order valence-electron chi connectivity index (χ1n) is 8.17. The van der Waals surface area contributed by atoms with Crippen molar-refractivity contribution in [3.05, 3.63) is 63.0 Å². The van der Waals surface area contributed by atoms with Crippen LogP contribution >= 0.6 is 0 Å². The zero-order valence-electron chi connectivity index (χ0n) is 14.4. The summed E-state index contributed by atoms with van der Waals surface area (Å²) in [4.78, 5) is 25.7. The molecule has 27 heavy (non-hydrogen) atoms. The summed E-state index contributed by atoms with van der Waals surface area (Å²) in [6, 6.07) is 6.42. The number of hydrogen-bond acceptors (Lipinski definition) is 6. The number of aromatic carboxylic acids is 1. The highest BCUT2D eigenvalue weighted by Gasteiger charge is 2.30. The van der Waals surface area contributed by atoms with Gasteiger partial charge in [0.15, 0.2) is 0 Å². The fraction of sp³-hybridized carbons (Fsp3) is 0.294. The van der Waals surface area contributed by atoms with Crippen LogP contribution in [0.4, 0.5) is 5.69 Å². The Morgan fingerprint density at radius 3 is 2.59 bits per heavy atom. The number of aryl methyl sites for hydroxylation is 1. The SMILES string of the molecule is Cc1cc([N+](=O)[O-])ccc1S(=O)(=O)NCc1ccc(C(=O)O)c(C2CC2)n1. The van der Waals surface area contributed by atoms with Gasteiger partial charge in [-0.15, -0.1) is 0 Å². The van der Waals surface area contributed by atoms with Crippen molar-refractivity contribution < 1.29 is 23.2 Å². The van der Waals surface area contributed by atoms with E-state index in [1.165, 1.54) is 31.2 Å². The number of non-ortho nitro benzene ring substituents is 1. The molecule has 0 radical (unpaired) electrons. The first-order valence-corrected chi connectivity index (χ1v) is 9.65. The largest absolute Gasteiger partial charge is 0.478 e. The minimum Gasteiger partial charge on any atom is -0.478 e. The van der Waals surface area contributed by atoms with Crippen molar-refractivity contribution in [2.75, 3.05) is 0 Å². The second-order valence-corrected chi connectivity index (χ2v) is 8.08. The average molecular weight is 391 g/mol. The number of rotatable bonds is 7. The van der Waals surface area contributed by atoms with Gasteiger partial charge in [-0.25, -0.2) is 17.9 Å². The summed E-state index contributed by atoms with van der Waals surface area (Å²) >= 11 is 0. The maximum Gasteiger partial charge on any atom is 0.337 e. The van der Waals surface area contributed by atoms with E-state index in [2.05, 4.69) is 9.71 Å². The van der Waals surface area contributed by atoms with Crippen molar-refractivity contribution >= 4 is 21.7 Å². The molecule has 0 spiro atoms. The molecule has 1 fully saturated rings. The van der Waals surface area contributed by atoms with Crippen LogP contribution in [0.5, 0.6) is 0 Å². The van der Waals surface area contributed by atoms with Gasteiger partial charge in [0, 0.05) is 18.1 Å². The van der Waals surface area contributed by atoms with Gasteiger partial charge in [-0.1, -0.05) is 0 Å². The van der Waals surface area contributed by atoms with Gasteiger partial charge < -0.3 is 5.11 Å². The van der Waals surface area contributed by atoms with Crippen LogP contribution in [0.2, 0.25) is 0 Å². The number of benzene rings is 1. The Labute approximate surface area is 155 Å². The lowest BCUT2D eigenvalue weighted by atomic mass is 10.1. The molecule has 0 unspecified atom stereocenters. The number of nitrogens with zero attached hydrogens (tertiary/aromatic N) is 2. The van der Waals surface area contributed by atoms with Crippen LogP contribution in [0.15, 0.2) is 35.2 Å². The molecule has 0 bridgehead atoms. The Morgan fingerprint density at radius 2 is 2.04 bits per heavy atom. The smallest absolute Gasteiger partial charge is 0.337 e. The van der Waals surface area contributed by atoms with E-state index < -0.39 is 20.9 Å². The molecule has 1 heterocycles. The average Bonchev–Trinajstić information content (AvgIpc) is 3.44. The van der Waals surface area contributed by atoms with Crippen LogP contribution in [0.3, 0.4) is 0 Å². The Kier molecular flexibility index (Phi) is 4.94. The number of carboxylic acid groups (broad SMARTS) is 1. The lowest BCUT2D eigenvalue weighted by Gasteiger charge is -2.11. The number of nitro benzene ring substituents is 1. The third-order valence-electron chi connectivity index (χ3n) is 4.28. The molecule has 1 aliphatic carbocycles. The van der Waals surface area contributed by atoms with E-state index in [0.717, 1.165) is 18.9 Å². The summed E-state index contributed by atoms with van der Waals surface area (Å²) in [6.07, 6.45) is 1.73.